The standard InChI is InChI=1S/C23H24N2O5/c1-3-29-21(27)8-5-13-30-20-7-4-6-18(15(2)26)22(20)25-23(28)17-9-10-19-16(14-17)11-12-24-19/h4,6-7,9-12,14,24H,3,5,8,13H2,1-2H3,(H,25,28). The molecule has 0 saturated carbocycles. The van der Waals surface area contributed by atoms with Gasteiger partial charge in [0.15, 0.2) is 5.78 Å². The Morgan fingerprint density at radius 1 is 1.10 bits per heavy atom. The Morgan fingerprint density at radius 3 is 2.70 bits per heavy atom. The van der Waals surface area contributed by atoms with Gasteiger partial charge in [0.1, 0.15) is 5.75 Å². The molecule has 0 unspecified atom stereocenters. The molecule has 2 N–H and O–H groups in total. The lowest BCUT2D eigenvalue weighted by Gasteiger charge is -2.15. The number of aromatic amines is 1. The molecule has 0 saturated heterocycles. The van der Waals surface area contributed by atoms with Crippen molar-refractivity contribution < 1.29 is 23.9 Å². The zero-order chi connectivity index (χ0) is 21.5. The van der Waals surface area contributed by atoms with E-state index in [4.69, 9.17) is 9.47 Å². The first-order chi connectivity index (χ1) is 14.5. The van der Waals surface area contributed by atoms with Gasteiger partial charge in [-0.3, -0.25) is 14.4 Å². The van der Waals surface area contributed by atoms with Crippen LogP contribution in [0.2, 0.25) is 0 Å². The van der Waals surface area contributed by atoms with E-state index in [1.807, 2.05) is 12.1 Å². The summed E-state index contributed by atoms with van der Waals surface area (Å²) < 4.78 is 10.7. The number of carbonyl (C=O) groups is 3. The predicted octanol–water partition coefficient (Wildman–Crippen LogP) is 4.34. The summed E-state index contributed by atoms with van der Waals surface area (Å²) in [5, 5.41) is 3.73. The van der Waals surface area contributed by atoms with E-state index < -0.39 is 0 Å². The molecule has 3 rings (SSSR count). The number of amides is 1. The predicted molar refractivity (Wildman–Crippen MR) is 114 cm³/mol. The summed E-state index contributed by atoms with van der Waals surface area (Å²) >= 11 is 0. The van der Waals surface area contributed by atoms with Crippen LogP contribution in [0.3, 0.4) is 0 Å². The van der Waals surface area contributed by atoms with Crippen molar-refractivity contribution in [2.24, 2.45) is 0 Å². The molecule has 0 aliphatic heterocycles. The molecule has 2 aromatic carbocycles. The van der Waals surface area contributed by atoms with Crippen LogP contribution in [0, 0.1) is 0 Å². The minimum Gasteiger partial charge on any atom is -0.491 e. The van der Waals surface area contributed by atoms with Gasteiger partial charge in [-0.2, -0.15) is 0 Å². The van der Waals surface area contributed by atoms with Crippen LogP contribution in [0.1, 0.15) is 47.4 Å². The number of hydrogen-bond donors (Lipinski definition) is 2. The smallest absolute Gasteiger partial charge is 0.305 e. The second kappa shape index (κ2) is 9.73. The van der Waals surface area contributed by atoms with Crippen molar-refractivity contribution in [2.75, 3.05) is 18.5 Å². The Bertz CT molecular complexity index is 1070. The number of ketones is 1. The molecule has 0 radical (unpaired) electrons. The van der Waals surface area contributed by atoms with Gasteiger partial charge < -0.3 is 19.8 Å². The fourth-order valence-electron chi connectivity index (χ4n) is 3.09. The van der Waals surface area contributed by atoms with Gasteiger partial charge in [-0.15, -0.1) is 0 Å². The molecule has 0 aliphatic rings. The average molecular weight is 408 g/mol. The van der Waals surface area contributed by atoms with Crippen LogP contribution < -0.4 is 10.1 Å². The second-order valence-corrected chi connectivity index (χ2v) is 6.73. The van der Waals surface area contributed by atoms with E-state index in [9.17, 15) is 14.4 Å². The zero-order valence-electron chi connectivity index (χ0n) is 17.0. The number of esters is 1. The molecule has 1 amide bonds. The minimum atomic E-state index is -0.344. The zero-order valence-corrected chi connectivity index (χ0v) is 17.0. The molecule has 1 heterocycles. The van der Waals surface area contributed by atoms with Crippen molar-refractivity contribution in [3.05, 3.63) is 59.8 Å². The van der Waals surface area contributed by atoms with Crippen molar-refractivity contribution in [1.29, 1.82) is 0 Å². The normalized spacial score (nSPS) is 10.6. The van der Waals surface area contributed by atoms with Gasteiger partial charge in [0.2, 0.25) is 0 Å². The molecule has 156 valence electrons. The van der Waals surface area contributed by atoms with Gasteiger partial charge >= 0.3 is 5.97 Å². The molecular weight excluding hydrogens is 384 g/mol. The van der Waals surface area contributed by atoms with E-state index in [0.717, 1.165) is 10.9 Å². The fourth-order valence-corrected chi connectivity index (χ4v) is 3.09. The summed E-state index contributed by atoms with van der Waals surface area (Å²) in [5.41, 5.74) is 2.07. The van der Waals surface area contributed by atoms with Crippen LogP contribution in [0.25, 0.3) is 10.9 Å². The Labute approximate surface area is 174 Å². The maximum atomic E-state index is 12.8. The van der Waals surface area contributed by atoms with E-state index in [1.54, 1.807) is 43.5 Å². The van der Waals surface area contributed by atoms with Crippen LogP contribution in [-0.4, -0.2) is 35.9 Å². The molecule has 0 spiro atoms. The topological polar surface area (TPSA) is 97.5 Å². The Balaban J connectivity index is 1.76. The third-order valence-corrected chi connectivity index (χ3v) is 4.55. The van der Waals surface area contributed by atoms with Crippen molar-refractivity contribution in [3.8, 4) is 5.75 Å². The van der Waals surface area contributed by atoms with Crippen molar-refractivity contribution in [2.45, 2.75) is 26.7 Å². The molecular formula is C23H24N2O5. The van der Waals surface area contributed by atoms with Crippen LogP contribution in [-0.2, 0) is 9.53 Å². The second-order valence-electron chi connectivity index (χ2n) is 6.73. The minimum absolute atomic E-state index is 0.191. The van der Waals surface area contributed by atoms with Crippen LogP contribution in [0.5, 0.6) is 5.75 Å². The van der Waals surface area contributed by atoms with Gasteiger partial charge in [-0.25, -0.2) is 0 Å². The van der Waals surface area contributed by atoms with E-state index in [-0.39, 0.29) is 30.7 Å². The summed E-state index contributed by atoms with van der Waals surface area (Å²) in [7, 11) is 0. The first-order valence-electron chi connectivity index (χ1n) is 9.80. The third-order valence-electron chi connectivity index (χ3n) is 4.55. The summed E-state index contributed by atoms with van der Waals surface area (Å²) in [4.78, 5) is 39.5. The first-order valence-corrected chi connectivity index (χ1v) is 9.80. The largest absolute Gasteiger partial charge is 0.491 e. The van der Waals surface area contributed by atoms with Crippen molar-refractivity contribution >= 4 is 34.3 Å². The lowest BCUT2D eigenvalue weighted by molar-refractivity contribution is -0.143. The molecule has 7 heteroatoms. The number of anilines is 1. The van der Waals surface area contributed by atoms with Crippen molar-refractivity contribution in [1.82, 2.24) is 4.98 Å². The number of para-hydroxylation sites is 1. The molecule has 0 aliphatic carbocycles. The van der Waals surface area contributed by atoms with Crippen molar-refractivity contribution in [3.63, 3.8) is 0 Å². The highest BCUT2D eigenvalue weighted by Gasteiger charge is 2.17. The number of carbonyl (C=O) groups excluding carboxylic acids is 3. The molecule has 3 aromatic rings. The molecule has 30 heavy (non-hydrogen) atoms. The highest BCUT2D eigenvalue weighted by Crippen LogP contribution is 2.30. The molecule has 0 bridgehead atoms. The van der Waals surface area contributed by atoms with Gasteiger partial charge in [0.25, 0.3) is 5.91 Å². The van der Waals surface area contributed by atoms with Crippen LogP contribution >= 0.6 is 0 Å². The molecule has 1 aromatic heterocycles. The summed E-state index contributed by atoms with van der Waals surface area (Å²) in [6.07, 6.45) is 2.50. The van der Waals surface area contributed by atoms with E-state index in [0.29, 0.717) is 35.6 Å². The monoisotopic (exact) mass is 408 g/mol. The molecule has 7 nitrogen and oxygen atoms in total. The number of H-pyrrole nitrogens is 1. The van der Waals surface area contributed by atoms with E-state index in [1.165, 1.54) is 6.92 Å². The summed E-state index contributed by atoms with van der Waals surface area (Å²) in [6.45, 7) is 3.77. The first kappa shape index (κ1) is 21.1. The van der Waals surface area contributed by atoms with Crippen LogP contribution in [0.15, 0.2) is 48.7 Å². The maximum Gasteiger partial charge on any atom is 0.305 e. The number of nitrogens with one attached hydrogen (secondary N) is 2. The Morgan fingerprint density at radius 2 is 1.93 bits per heavy atom. The molecule has 0 fully saturated rings. The lowest BCUT2D eigenvalue weighted by atomic mass is 10.1. The number of rotatable bonds is 9. The van der Waals surface area contributed by atoms with Gasteiger partial charge in [-0.05, 0) is 56.7 Å². The van der Waals surface area contributed by atoms with E-state index >= 15 is 0 Å². The van der Waals surface area contributed by atoms with E-state index in [2.05, 4.69) is 10.3 Å². The van der Waals surface area contributed by atoms with Gasteiger partial charge in [0, 0.05) is 34.6 Å². The quantitative estimate of drug-likeness (QED) is 0.312. The average Bonchev–Trinajstić information content (AvgIpc) is 3.20. The third kappa shape index (κ3) is 5.05. The maximum absolute atomic E-state index is 12.8. The summed E-state index contributed by atoms with van der Waals surface area (Å²) in [5.74, 6) is -0.443. The SMILES string of the molecule is CCOC(=O)CCCOc1cccc(C(C)=O)c1NC(=O)c1ccc2[nH]ccc2c1. The highest BCUT2D eigenvalue weighted by atomic mass is 16.5. The lowest BCUT2D eigenvalue weighted by Crippen LogP contribution is -2.16. The Kier molecular flexibility index (Phi) is 6.85. The Hall–Kier alpha value is -3.61. The molecule has 0 atom stereocenters. The summed E-state index contributed by atoms with van der Waals surface area (Å²) in [6, 6.07) is 12.2. The number of benzene rings is 2. The highest BCUT2D eigenvalue weighted by molar-refractivity contribution is 6.11. The number of hydrogen-bond acceptors (Lipinski definition) is 5. The van der Waals surface area contributed by atoms with Crippen LogP contribution in [0.4, 0.5) is 5.69 Å². The number of Topliss-reactive ketones (excluding diaryl/α,β-unsaturated/α-hetero) is 1. The fraction of sp³-hybridized carbons (Fsp3) is 0.261. The van der Waals surface area contributed by atoms with Gasteiger partial charge in [0.05, 0.1) is 18.9 Å². The number of ether oxygens (including phenoxy) is 2. The number of fused-ring (bicyclic) bond motifs is 1. The van der Waals surface area contributed by atoms with Gasteiger partial charge in [-0.1, -0.05) is 6.07 Å². The number of aromatic nitrogens is 1.